The van der Waals surface area contributed by atoms with Crippen LogP contribution in [0.25, 0.3) is 6.08 Å². The van der Waals surface area contributed by atoms with Crippen LogP contribution in [0.3, 0.4) is 0 Å². The number of benzene rings is 1. The van der Waals surface area contributed by atoms with E-state index < -0.39 is 0 Å². The van der Waals surface area contributed by atoms with Gasteiger partial charge in [0.05, 0.1) is 17.9 Å². The highest BCUT2D eigenvalue weighted by atomic mass is 32.2. The fourth-order valence-corrected chi connectivity index (χ4v) is 3.33. The van der Waals surface area contributed by atoms with Gasteiger partial charge in [-0.25, -0.2) is 4.79 Å². The van der Waals surface area contributed by atoms with Crippen LogP contribution in [0.2, 0.25) is 0 Å². The molecule has 0 saturated carbocycles. The molecule has 2 aromatic rings. The number of hydrogen-bond donors (Lipinski definition) is 0. The van der Waals surface area contributed by atoms with Gasteiger partial charge in [-0.3, -0.25) is 0 Å². The molecular weight excluding hydrogens is 350 g/mol. The molecule has 1 aliphatic heterocycles. The monoisotopic (exact) mass is 371 g/mol. The number of rotatable bonds is 5. The number of aromatic nitrogens is 3. The van der Waals surface area contributed by atoms with Crippen molar-refractivity contribution in [3.8, 4) is 0 Å². The van der Waals surface area contributed by atoms with Crippen molar-refractivity contribution in [2.24, 2.45) is 5.10 Å². The van der Waals surface area contributed by atoms with Crippen LogP contribution in [0, 0.1) is 6.92 Å². The number of anilines is 1. The highest BCUT2D eigenvalue weighted by Gasteiger charge is 2.24. The number of nitrogens with zero attached hydrogens (tertiary/aromatic N) is 5. The number of carbonyl (C=O) groups is 1. The largest absolute Gasteiger partial charge is 0.462 e. The molecule has 2 heterocycles. The summed E-state index contributed by atoms with van der Waals surface area (Å²) < 4.78 is 6.90. The van der Waals surface area contributed by atoms with Crippen LogP contribution in [0.1, 0.15) is 18.3 Å². The third kappa shape index (κ3) is 3.80. The van der Waals surface area contributed by atoms with E-state index in [0.29, 0.717) is 29.5 Å². The summed E-state index contributed by atoms with van der Waals surface area (Å²) in [6.45, 7) is 3.94. The number of ether oxygens (including phenoxy) is 1. The number of carbonyl (C=O) groups excluding carboxylic acids is 1. The van der Waals surface area contributed by atoms with E-state index in [9.17, 15) is 4.79 Å². The van der Waals surface area contributed by atoms with Gasteiger partial charge >= 0.3 is 5.97 Å². The molecule has 0 N–H and O–H groups in total. The van der Waals surface area contributed by atoms with Crippen molar-refractivity contribution in [2.75, 3.05) is 31.4 Å². The molecule has 1 aromatic carbocycles. The van der Waals surface area contributed by atoms with Gasteiger partial charge in [-0.2, -0.15) is 9.78 Å². The second-order valence-electron chi connectivity index (χ2n) is 5.94. The van der Waals surface area contributed by atoms with E-state index in [2.05, 4.69) is 15.3 Å². The Morgan fingerprint density at radius 3 is 2.69 bits per heavy atom. The first-order chi connectivity index (χ1) is 12.5. The van der Waals surface area contributed by atoms with Crippen LogP contribution >= 0.6 is 11.8 Å². The predicted octanol–water partition coefficient (Wildman–Crippen LogP) is 2.61. The molecule has 1 aromatic heterocycles. The van der Waals surface area contributed by atoms with Gasteiger partial charge in [0.25, 0.3) is 0 Å². The van der Waals surface area contributed by atoms with Gasteiger partial charge in [-0.1, -0.05) is 23.9 Å². The van der Waals surface area contributed by atoms with Gasteiger partial charge < -0.3 is 9.64 Å². The SMILES string of the molecule is CCOC(=O)/C(=C\c1ccc(N(C)C)cc1)C1=Nn2c(C)nnc2SC1. The average molecular weight is 371 g/mol. The summed E-state index contributed by atoms with van der Waals surface area (Å²) in [5.41, 5.74) is 3.11. The molecule has 136 valence electrons. The zero-order valence-electron chi connectivity index (χ0n) is 15.3. The number of esters is 1. The molecule has 7 nitrogen and oxygen atoms in total. The minimum absolute atomic E-state index is 0.313. The van der Waals surface area contributed by atoms with Gasteiger partial charge in [-0.15, -0.1) is 10.2 Å². The molecule has 0 saturated heterocycles. The highest BCUT2D eigenvalue weighted by Crippen LogP contribution is 2.25. The quantitative estimate of drug-likeness (QED) is 0.594. The van der Waals surface area contributed by atoms with Gasteiger partial charge in [-0.05, 0) is 37.6 Å². The first kappa shape index (κ1) is 18.2. The number of aryl methyl sites for hydroxylation is 1. The second kappa shape index (κ2) is 7.74. The number of fused-ring (bicyclic) bond motifs is 1. The topological polar surface area (TPSA) is 72.6 Å². The number of hydrogen-bond acceptors (Lipinski definition) is 7. The fraction of sp³-hybridized carbons (Fsp3) is 0.333. The minimum atomic E-state index is -0.377. The lowest BCUT2D eigenvalue weighted by Crippen LogP contribution is -2.21. The summed E-state index contributed by atoms with van der Waals surface area (Å²) in [6, 6.07) is 7.96. The minimum Gasteiger partial charge on any atom is -0.462 e. The summed E-state index contributed by atoms with van der Waals surface area (Å²) in [6.07, 6.45) is 1.82. The summed E-state index contributed by atoms with van der Waals surface area (Å²) in [7, 11) is 3.98. The maximum atomic E-state index is 12.5. The van der Waals surface area contributed by atoms with E-state index in [1.165, 1.54) is 11.8 Å². The molecule has 0 bridgehead atoms. The van der Waals surface area contributed by atoms with Crippen molar-refractivity contribution < 1.29 is 9.53 Å². The predicted molar refractivity (Wildman–Crippen MR) is 104 cm³/mol. The molecule has 0 aliphatic carbocycles. The van der Waals surface area contributed by atoms with Crippen molar-refractivity contribution in [3.05, 3.63) is 41.2 Å². The Kier molecular flexibility index (Phi) is 5.41. The zero-order chi connectivity index (χ0) is 18.7. The molecule has 26 heavy (non-hydrogen) atoms. The lowest BCUT2D eigenvalue weighted by Gasteiger charge is -2.15. The molecular formula is C18H21N5O2S. The Morgan fingerprint density at radius 2 is 2.04 bits per heavy atom. The molecule has 0 fully saturated rings. The van der Waals surface area contributed by atoms with Gasteiger partial charge in [0.2, 0.25) is 5.16 Å². The Hall–Kier alpha value is -2.61. The van der Waals surface area contributed by atoms with Crippen LogP contribution in [0.5, 0.6) is 0 Å². The second-order valence-corrected chi connectivity index (χ2v) is 6.88. The van der Waals surface area contributed by atoms with Gasteiger partial charge in [0.1, 0.15) is 0 Å². The first-order valence-electron chi connectivity index (χ1n) is 8.29. The van der Waals surface area contributed by atoms with E-state index in [-0.39, 0.29) is 5.97 Å². The number of thioether (sulfide) groups is 1. The average Bonchev–Trinajstić information content (AvgIpc) is 3.00. The van der Waals surface area contributed by atoms with Crippen molar-refractivity contribution in [1.29, 1.82) is 0 Å². The Morgan fingerprint density at radius 1 is 1.31 bits per heavy atom. The molecule has 8 heteroatoms. The first-order valence-corrected chi connectivity index (χ1v) is 9.27. The van der Waals surface area contributed by atoms with Crippen LogP contribution < -0.4 is 4.90 Å². The van der Waals surface area contributed by atoms with Crippen LogP contribution in [0.4, 0.5) is 5.69 Å². The molecule has 0 radical (unpaired) electrons. The normalized spacial score (nSPS) is 13.8. The van der Waals surface area contributed by atoms with Crippen molar-refractivity contribution in [1.82, 2.24) is 14.9 Å². The molecule has 0 amide bonds. The van der Waals surface area contributed by atoms with Crippen LogP contribution in [-0.4, -0.2) is 53.0 Å². The van der Waals surface area contributed by atoms with E-state index in [1.807, 2.05) is 56.3 Å². The van der Waals surface area contributed by atoms with Gasteiger partial charge in [0.15, 0.2) is 5.82 Å². The van der Waals surface area contributed by atoms with Crippen molar-refractivity contribution in [3.63, 3.8) is 0 Å². The summed E-state index contributed by atoms with van der Waals surface area (Å²) in [5.74, 6) is 0.847. The lowest BCUT2D eigenvalue weighted by molar-refractivity contribution is -0.137. The van der Waals surface area contributed by atoms with Crippen LogP contribution in [-0.2, 0) is 9.53 Å². The van der Waals surface area contributed by atoms with Gasteiger partial charge in [0, 0.05) is 25.5 Å². The molecule has 0 spiro atoms. The summed E-state index contributed by atoms with van der Waals surface area (Å²) >= 11 is 1.50. The molecule has 0 atom stereocenters. The van der Waals surface area contributed by atoms with E-state index in [4.69, 9.17) is 4.74 Å². The van der Waals surface area contributed by atoms with Crippen molar-refractivity contribution >= 4 is 35.2 Å². The van der Waals surface area contributed by atoms with Crippen molar-refractivity contribution in [2.45, 2.75) is 19.0 Å². The zero-order valence-corrected chi connectivity index (χ0v) is 16.1. The summed E-state index contributed by atoms with van der Waals surface area (Å²) in [4.78, 5) is 14.6. The van der Waals surface area contributed by atoms with E-state index in [1.54, 1.807) is 11.6 Å². The third-order valence-corrected chi connectivity index (χ3v) is 4.78. The van der Waals surface area contributed by atoms with E-state index in [0.717, 1.165) is 16.4 Å². The Labute approximate surface area is 156 Å². The fourth-order valence-electron chi connectivity index (χ4n) is 2.46. The smallest absolute Gasteiger partial charge is 0.340 e. The Bertz CT molecular complexity index is 868. The molecule has 1 aliphatic rings. The highest BCUT2D eigenvalue weighted by molar-refractivity contribution is 7.99. The van der Waals surface area contributed by atoms with E-state index >= 15 is 0 Å². The molecule has 3 rings (SSSR count). The molecule has 0 unspecified atom stereocenters. The Balaban J connectivity index is 1.99. The van der Waals surface area contributed by atoms with Crippen LogP contribution in [0.15, 0.2) is 40.1 Å². The standard InChI is InChI=1S/C18H21N5O2S/c1-5-25-17(24)15(10-13-6-8-14(9-7-13)22(3)4)16-11-26-18-20-19-12(2)23(18)21-16/h6-10H,5,11H2,1-4H3/b15-10-. The summed E-state index contributed by atoms with van der Waals surface area (Å²) in [5, 5.41) is 13.4. The maximum absolute atomic E-state index is 12.5. The maximum Gasteiger partial charge on any atom is 0.340 e. The lowest BCUT2D eigenvalue weighted by atomic mass is 10.1. The third-order valence-electron chi connectivity index (χ3n) is 3.85.